The van der Waals surface area contributed by atoms with Crippen LogP contribution in [0.5, 0.6) is 0 Å². The molecule has 0 atom stereocenters. The molecule has 0 radical (unpaired) electrons. The van der Waals surface area contributed by atoms with Gasteiger partial charge in [0.2, 0.25) is 0 Å². The van der Waals surface area contributed by atoms with Gasteiger partial charge in [0.15, 0.2) is 0 Å². The number of benzene rings is 1. The van der Waals surface area contributed by atoms with E-state index >= 15 is 0 Å². The second kappa shape index (κ2) is 5.22. The van der Waals surface area contributed by atoms with Crippen molar-refractivity contribution >= 4 is 44.4 Å². The standard InChI is InChI=1S/C14H12N2O2S2/c1-8-7-19-13(16-8)6-18-14(17)12-5-9-4-10(15)2-3-11(9)20-12/h2-5,7H,6,15H2,1H3. The Labute approximate surface area is 123 Å². The van der Waals surface area contributed by atoms with Crippen molar-refractivity contribution in [2.45, 2.75) is 13.5 Å². The number of nitrogens with zero attached hydrogens (tertiary/aromatic N) is 1. The van der Waals surface area contributed by atoms with Gasteiger partial charge in [-0.1, -0.05) is 0 Å². The molecule has 6 heteroatoms. The molecule has 3 rings (SSSR count). The lowest BCUT2D eigenvalue weighted by atomic mass is 10.2. The molecule has 0 unspecified atom stereocenters. The highest BCUT2D eigenvalue weighted by Crippen LogP contribution is 2.28. The molecule has 3 aromatic rings. The van der Waals surface area contributed by atoms with E-state index in [0.29, 0.717) is 10.6 Å². The molecule has 2 aromatic heterocycles. The number of thiophene rings is 1. The van der Waals surface area contributed by atoms with Gasteiger partial charge in [0.25, 0.3) is 0 Å². The minimum absolute atomic E-state index is 0.216. The molecule has 2 heterocycles. The number of carbonyl (C=O) groups is 1. The van der Waals surface area contributed by atoms with E-state index in [1.807, 2.05) is 36.6 Å². The van der Waals surface area contributed by atoms with Gasteiger partial charge in [0, 0.05) is 21.5 Å². The van der Waals surface area contributed by atoms with Gasteiger partial charge in [-0.3, -0.25) is 0 Å². The maximum Gasteiger partial charge on any atom is 0.348 e. The van der Waals surface area contributed by atoms with E-state index in [2.05, 4.69) is 4.98 Å². The third kappa shape index (κ3) is 2.66. The SMILES string of the molecule is Cc1csc(COC(=O)c2cc3cc(N)ccc3s2)n1. The lowest BCUT2D eigenvalue weighted by Crippen LogP contribution is -2.02. The van der Waals surface area contributed by atoms with Crippen LogP contribution in [0.3, 0.4) is 0 Å². The van der Waals surface area contributed by atoms with Crippen molar-refractivity contribution in [2.24, 2.45) is 0 Å². The van der Waals surface area contributed by atoms with E-state index in [9.17, 15) is 4.79 Å². The molecule has 0 bridgehead atoms. The van der Waals surface area contributed by atoms with E-state index in [0.717, 1.165) is 20.8 Å². The molecule has 0 saturated carbocycles. The second-order valence-electron chi connectivity index (χ2n) is 4.37. The van der Waals surface area contributed by atoms with Crippen LogP contribution < -0.4 is 5.73 Å². The summed E-state index contributed by atoms with van der Waals surface area (Å²) in [5, 5.41) is 3.71. The number of anilines is 1. The Morgan fingerprint density at radius 1 is 1.40 bits per heavy atom. The first-order valence-electron chi connectivity index (χ1n) is 5.99. The molecule has 0 aliphatic heterocycles. The first-order valence-corrected chi connectivity index (χ1v) is 7.68. The minimum Gasteiger partial charge on any atom is -0.454 e. The molecule has 4 nitrogen and oxygen atoms in total. The van der Waals surface area contributed by atoms with Gasteiger partial charge in [0.1, 0.15) is 16.5 Å². The summed E-state index contributed by atoms with van der Waals surface area (Å²) in [6.45, 7) is 2.13. The number of nitrogens with two attached hydrogens (primary N) is 1. The maximum atomic E-state index is 12.0. The van der Waals surface area contributed by atoms with Crippen LogP contribution in [0.2, 0.25) is 0 Å². The summed E-state index contributed by atoms with van der Waals surface area (Å²) >= 11 is 2.90. The number of carbonyl (C=O) groups excluding carboxylic acids is 1. The Balaban J connectivity index is 1.75. The highest BCUT2D eigenvalue weighted by Gasteiger charge is 2.12. The fourth-order valence-electron chi connectivity index (χ4n) is 1.83. The molecule has 0 amide bonds. The summed E-state index contributed by atoms with van der Waals surface area (Å²) in [7, 11) is 0. The van der Waals surface area contributed by atoms with E-state index in [1.165, 1.54) is 22.7 Å². The first-order chi connectivity index (χ1) is 9.61. The summed E-state index contributed by atoms with van der Waals surface area (Å²) < 4.78 is 6.30. The predicted octanol–water partition coefficient (Wildman–Crippen LogP) is 3.61. The molecule has 0 aliphatic rings. The summed E-state index contributed by atoms with van der Waals surface area (Å²) in [5.41, 5.74) is 7.36. The Morgan fingerprint density at radius 3 is 3.00 bits per heavy atom. The summed E-state index contributed by atoms with van der Waals surface area (Å²) in [6, 6.07) is 7.40. The lowest BCUT2D eigenvalue weighted by molar-refractivity contribution is 0.0478. The van der Waals surface area contributed by atoms with Gasteiger partial charge in [-0.2, -0.15) is 0 Å². The zero-order chi connectivity index (χ0) is 14.1. The van der Waals surface area contributed by atoms with Crippen LogP contribution in [-0.2, 0) is 11.3 Å². The van der Waals surface area contributed by atoms with Crippen molar-refractivity contribution < 1.29 is 9.53 Å². The van der Waals surface area contributed by atoms with Gasteiger partial charge >= 0.3 is 5.97 Å². The molecule has 0 fully saturated rings. The van der Waals surface area contributed by atoms with Crippen LogP contribution in [0.4, 0.5) is 5.69 Å². The summed E-state index contributed by atoms with van der Waals surface area (Å²) in [4.78, 5) is 16.9. The van der Waals surface area contributed by atoms with E-state index in [4.69, 9.17) is 10.5 Å². The molecule has 102 valence electrons. The van der Waals surface area contributed by atoms with Crippen LogP contribution in [0.1, 0.15) is 20.4 Å². The Kier molecular flexibility index (Phi) is 3.42. The highest BCUT2D eigenvalue weighted by molar-refractivity contribution is 7.20. The Bertz CT molecular complexity index is 776. The number of aryl methyl sites for hydroxylation is 1. The summed E-state index contributed by atoms with van der Waals surface area (Å²) in [5.74, 6) is -0.322. The van der Waals surface area contributed by atoms with Gasteiger partial charge in [-0.25, -0.2) is 9.78 Å². The van der Waals surface area contributed by atoms with Crippen molar-refractivity contribution in [3.63, 3.8) is 0 Å². The third-order valence-electron chi connectivity index (χ3n) is 2.73. The zero-order valence-corrected chi connectivity index (χ0v) is 12.4. The third-order valence-corrected chi connectivity index (χ3v) is 4.77. The molecule has 20 heavy (non-hydrogen) atoms. The topological polar surface area (TPSA) is 65.2 Å². The maximum absolute atomic E-state index is 12.0. The second-order valence-corrected chi connectivity index (χ2v) is 6.39. The van der Waals surface area contributed by atoms with E-state index in [1.54, 1.807) is 0 Å². The van der Waals surface area contributed by atoms with Crippen molar-refractivity contribution in [1.29, 1.82) is 0 Å². The van der Waals surface area contributed by atoms with Crippen LogP contribution >= 0.6 is 22.7 Å². The smallest absolute Gasteiger partial charge is 0.348 e. The number of esters is 1. The minimum atomic E-state index is -0.322. The zero-order valence-electron chi connectivity index (χ0n) is 10.8. The molecule has 0 spiro atoms. The van der Waals surface area contributed by atoms with Gasteiger partial charge in [-0.15, -0.1) is 22.7 Å². The van der Waals surface area contributed by atoms with Crippen molar-refractivity contribution in [3.8, 4) is 0 Å². The fourth-order valence-corrected chi connectivity index (χ4v) is 3.45. The van der Waals surface area contributed by atoms with E-state index in [-0.39, 0.29) is 12.6 Å². The molecule has 1 aromatic carbocycles. The van der Waals surface area contributed by atoms with Crippen molar-refractivity contribution in [2.75, 3.05) is 5.73 Å². The molecular formula is C14H12N2O2S2. The van der Waals surface area contributed by atoms with Crippen molar-refractivity contribution in [1.82, 2.24) is 4.98 Å². The van der Waals surface area contributed by atoms with Crippen LogP contribution in [-0.4, -0.2) is 11.0 Å². The monoisotopic (exact) mass is 304 g/mol. The van der Waals surface area contributed by atoms with Crippen LogP contribution in [0.25, 0.3) is 10.1 Å². The number of nitrogen functional groups attached to an aromatic ring is 1. The molecular weight excluding hydrogens is 292 g/mol. The molecule has 0 aliphatic carbocycles. The lowest BCUT2D eigenvalue weighted by Gasteiger charge is -1.99. The number of hydrogen-bond donors (Lipinski definition) is 1. The average molecular weight is 304 g/mol. The number of thiazole rings is 1. The van der Waals surface area contributed by atoms with E-state index < -0.39 is 0 Å². The first kappa shape index (κ1) is 13.1. The van der Waals surface area contributed by atoms with Gasteiger partial charge in [-0.05, 0) is 36.6 Å². The molecule has 2 N–H and O–H groups in total. The van der Waals surface area contributed by atoms with Gasteiger partial charge < -0.3 is 10.5 Å². The average Bonchev–Trinajstić information content (AvgIpc) is 3.01. The predicted molar refractivity (Wildman–Crippen MR) is 82.2 cm³/mol. The fraction of sp³-hybridized carbons (Fsp3) is 0.143. The Hall–Kier alpha value is -1.92. The highest BCUT2D eigenvalue weighted by atomic mass is 32.1. The molecule has 0 saturated heterocycles. The summed E-state index contributed by atoms with van der Waals surface area (Å²) in [6.07, 6.45) is 0. The number of aromatic nitrogens is 1. The van der Waals surface area contributed by atoms with Crippen LogP contribution in [0.15, 0.2) is 29.6 Å². The Morgan fingerprint density at radius 2 is 2.25 bits per heavy atom. The number of rotatable bonds is 3. The van der Waals surface area contributed by atoms with Crippen LogP contribution in [0, 0.1) is 6.92 Å². The van der Waals surface area contributed by atoms with Crippen molar-refractivity contribution in [3.05, 3.63) is 45.2 Å². The van der Waals surface area contributed by atoms with Gasteiger partial charge in [0.05, 0.1) is 0 Å². The number of fused-ring (bicyclic) bond motifs is 1. The number of ether oxygens (including phenoxy) is 1. The quantitative estimate of drug-likeness (QED) is 0.593. The normalized spacial score (nSPS) is 10.8. The number of hydrogen-bond acceptors (Lipinski definition) is 6. The largest absolute Gasteiger partial charge is 0.454 e.